The standard InChI is InChI=1S/C32H24O/c1-2-22-9-6-10-31-32(22)29-21-28(19-20-30(29)33-31)27-17-15-26(16-18-27)25-13-11-24(12-14-25)23-7-4-3-5-8-23/h3-21H,2H2,1H3. The van der Waals surface area contributed by atoms with Crippen LogP contribution in [0.25, 0.3) is 55.3 Å². The minimum Gasteiger partial charge on any atom is -0.456 e. The van der Waals surface area contributed by atoms with E-state index in [0.717, 1.165) is 17.6 Å². The van der Waals surface area contributed by atoms with E-state index >= 15 is 0 Å². The van der Waals surface area contributed by atoms with Gasteiger partial charge in [0.2, 0.25) is 0 Å². The summed E-state index contributed by atoms with van der Waals surface area (Å²) in [5.41, 5.74) is 10.6. The van der Waals surface area contributed by atoms with Crippen molar-refractivity contribution in [2.24, 2.45) is 0 Å². The Balaban J connectivity index is 1.33. The van der Waals surface area contributed by atoms with Crippen LogP contribution in [0, 0.1) is 0 Å². The van der Waals surface area contributed by atoms with Gasteiger partial charge in [0, 0.05) is 10.8 Å². The zero-order chi connectivity index (χ0) is 22.2. The van der Waals surface area contributed by atoms with Crippen LogP contribution in [0.1, 0.15) is 12.5 Å². The van der Waals surface area contributed by atoms with Crippen molar-refractivity contribution in [2.75, 3.05) is 0 Å². The second-order valence-corrected chi connectivity index (χ2v) is 8.48. The van der Waals surface area contributed by atoms with Gasteiger partial charge in [0.25, 0.3) is 0 Å². The molecule has 0 N–H and O–H groups in total. The third kappa shape index (κ3) is 3.52. The monoisotopic (exact) mass is 424 g/mol. The van der Waals surface area contributed by atoms with Crippen LogP contribution in [0.15, 0.2) is 120 Å². The average molecular weight is 425 g/mol. The SMILES string of the molecule is CCc1cccc2oc3ccc(-c4ccc(-c5ccc(-c6ccccc6)cc5)cc4)cc3c12. The van der Waals surface area contributed by atoms with Crippen molar-refractivity contribution in [1.29, 1.82) is 0 Å². The second-order valence-electron chi connectivity index (χ2n) is 8.48. The van der Waals surface area contributed by atoms with Crippen molar-refractivity contribution in [1.82, 2.24) is 0 Å². The van der Waals surface area contributed by atoms with Gasteiger partial charge < -0.3 is 4.42 Å². The Morgan fingerprint density at radius 2 is 1.03 bits per heavy atom. The minimum absolute atomic E-state index is 0.949. The van der Waals surface area contributed by atoms with E-state index in [2.05, 4.69) is 122 Å². The van der Waals surface area contributed by atoms with E-state index < -0.39 is 0 Å². The molecule has 0 bridgehead atoms. The van der Waals surface area contributed by atoms with Crippen LogP contribution in [0.5, 0.6) is 0 Å². The normalized spacial score (nSPS) is 11.3. The van der Waals surface area contributed by atoms with Gasteiger partial charge in [-0.25, -0.2) is 0 Å². The van der Waals surface area contributed by atoms with E-state index in [1.165, 1.54) is 49.7 Å². The fourth-order valence-corrected chi connectivity index (χ4v) is 4.72. The molecule has 0 unspecified atom stereocenters. The maximum absolute atomic E-state index is 6.10. The minimum atomic E-state index is 0.949. The molecule has 6 rings (SSSR count). The number of fused-ring (bicyclic) bond motifs is 3. The summed E-state index contributed by atoms with van der Waals surface area (Å²) < 4.78 is 6.10. The number of furan rings is 1. The first kappa shape index (κ1) is 19.6. The van der Waals surface area contributed by atoms with E-state index in [-0.39, 0.29) is 0 Å². The summed E-state index contributed by atoms with van der Waals surface area (Å²) in [5, 5.41) is 2.44. The molecule has 0 spiro atoms. The number of benzene rings is 5. The van der Waals surface area contributed by atoms with Gasteiger partial charge in [-0.2, -0.15) is 0 Å². The molecule has 0 saturated carbocycles. The highest BCUT2D eigenvalue weighted by molar-refractivity contribution is 6.08. The first-order chi connectivity index (χ1) is 16.3. The van der Waals surface area contributed by atoms with E-state index in [1.807, 2.05) is 0 Å². The molecule has 0 aliphatic heterocycles. The van der Waals surface area contributed by atoms with Crippen molar-refractivity contribution in [2.45, 2.75) is 13.3 Å². The zero-order valence-electron chi connectivity index (χ0n) is 18.6. The summed E-state index contributed by atoms with van der Waals surface area (Å²) in [6.45, 7) is 2.20. The number of aryl methyl sites for hydroxylation is 1. The molecule has 1 nitrogen and oxygen atoms in total. The van der Waals surface area contributed by atoms with Crippen molar-refractivity contribution >= 4 is 21.9 Å². The Morgan fingerprint density at radius 1 is 0.485 bits per heavy atom. The lowest BCUT2D eigenvalue weighted by molar-refractivity contribution is 0.668. The van der Waals surface area contributed by atoms with Crippen LogP contribution < -0.4 is 0 Å². The van der Waals surface area contributed by atoms with Crippen LogP contribution in [0.2, 0.25) is 0 Å². The quantitative estimate of drug-likeness (QED) is 0.275. The number of hydrogen-bond donors (Lipinski definition) is 0. The maximum Gasteiger partial charge on any atom is 0.135 e. The molecule has 6 aromatic rings. The van der Waals surface area contributed by atoms with Crippen molar-refractivity contribution in [3.63, 3.8) is 0 Å². The Morgan fingerprint density at radius 3 is 1.64 bits per heavy atom. The molecule has 1 heterocycles. The maximum atomic E-state index is 6.10. The predicted octanol–water partition coefficient (Wildman–Crippen LogP) is 9.15. The Labute approximate surface area is 193 Å². The molecule has 0 saturated heterocycles. The van der Waals surface area contributed by atoms with Crippen LogP contribution in [0.4, 0.5) is 0 Å². The van der Waals surface area contributed by atoms with Crippen LogP contribution in [-0.4, -0.2) is 0 Å². The van der Waals surface area contributed by atoms with E-state index in [4.69, 9.17) is 4.42 Å². The summed E-state index contributed by atoms with van der Waals surface area (Å²) in [5.74, 6) is 0. The largest absolute Gasteiger partial charge is 0.456 e. The molecule has 33 heavy (non-hydrogen) atoms. The fourth-order valence-electron chi connectivity index (χ4n) is 4.72. The number of rotatable bonds is 4. The molecule has 0 fully saturated rings. The highest BCUT2D eigenvalue weighted by atomic mass is 16.3. The highest BCUT2D eigenvalue weighted by Crippen LogP contribution is 2.35. The van der Waals surface area contributed by atoms with Crippen molar-refractivity contribution in [3.8, 4) is 33.4 Å². The first-order valence-corrected chi connectivity index (χ1v) is 11.5. The summed E-state index contributed by atoms with van der Waals surface area (Å²) in [4.78, 5) is 0. The number of hydrogen-bond acceptors (Lipinski definition) is 1. The van der Waals surface area contributed by atoms with E-state index in [0.29, 0.717) is 0 Å². The summed E-state index contributed by atoms with van der Waals surface area (Å²) in [6.07, 6.45) is 0.994. The van der Waals surface area contributed by atoms with Gasteiger partial charge in [0.1, 0.15) is 11.2 Å². The van der Waals surface area contributed by atoms with E-state index in [1.54, 1.807) is 0 Å². The van der Waals surface area contributed by atoms with Gasteiger partial charge in [-0.05, 0) is 63.6 Å². The molecule has 0 radical (unpaired) electrons. The molecule has 1 aromatic heterocycles. The van der Waals surface area contributed by atoms with Crippen LogP contribution in [0.3, 0.4) is 0 Å². The summed E-state index contributed by atoms with van der Waals surface area (Å²) >= 11 is 0. The van der Waals surface area contributed by atoms with Crippen LogP contribution in [-0.2, 0) is 6.42 Å². The molecular formula is C32H24O. The van der Waals surface area contributed by atoms with Crippen molar-refractivity contribution < 1.29 is 4.42 Å². The lowest BCUT2D eigenvalue weighted by Gasteiger charge is -2.07. The molecule has 0 atom stereocenters. The molecule has 0 aliphatic rings. The van der Waals surface area contributed by atoms with Gasteiger partial charge in [-0.3, -0.25) is 0 Å². The smallest absolute Gasteiger partial charge is 0.135 e. The molecular weight excluding hydrogens is 400 g/mol. The van der Waals surface area contributed by atoms with Gasteiger partial charge in [0.05, 0.1) is 0 Å². The third-order valence-corrected chi connectivity index (χ3v) is 6.51. The van der Waals surface area contributed by atoms with Gasteiger partial charge >= 0.3 is 0 Å². The average Bonchev–Trinajstić information content (AvgIpc) is 3.27. The Kier molecular flexibility index (Phi) is 4.81. The predicted molar refractivity (Wildman–Crippen MR) is 139 cm³/mol. The lowest BCUT2D eigenvalue weighted by atomic mass is 9.97. The third-order valence-electron chi connectivity index (χ3n) is 6.51. The zero-order valence-corrected chi connectivity index (χ0v) is 18.6. The second kappa shape index (κ2) is 8.11. The molecule has 158 valence electrons. The first-order valence-electron chi connectivity index (χ1n) is 11.5. The van der Waals surface area contributed by atoms with E-state index in [9.17, 15) is 0 Å². The topological polar surface area (TPSA) is 13.1 Å². The van der Waals surface area contributed by atoms with Gasteiger partial charge in [-0.15, -0.1) is 0 Å². The Hall–Kier alpha value is -4.10. The molecule has 5 aromatic carbocycles. The molecule has 0 aliphatic carbocycles. The molecule has 1 heteroatoms. The highest BCUT2D eigenvalue weighted by Gasteiger charge is 2.11. The van der Waals surface area contributed by atoms with Crippen molar-refractivity contribution in [3.05, 3.63) is 121 Å². The van der Waals surface area contributed by atoms with Gasteiger partial charge in [0.15, 0.2) is 0 Å². The summed E-state index contributed by atoms with van der Waals surface area (Å²) in [6, 6.07) is 41.0. The lowest BCUT2D eigenvalue weighted by Crippen LogP contribution is -1.83. The van der Waals surface area contributed by atoms with Gasteiger partial charge in [-0.1, -0.05) is 104 Å². The molecule has 0 amide bonds. The Bertz CT molecular complexity index is 1550. The fraction of sp³-hybridized carbons (Fsp3) is 0.0625. The summed E-state index contributed by atoms with van der Waals surface area (Å²) in [7, 11) is 0. The van der Waals surface area contributed by atoms with Crippen LogP contribution >= 0.6 is 0 Å².